The van der Waals surface area contributed by atoms with Crippen molar-refractivity contribution in [1.29, 1.82) is 0 Å². The second-order valence-electron chi connectivity index (χ2n) is 5.73. The van der Waals surface area contributed by atoms with E-state index in [9.17, 15) is 4.79 Å². The van der Waals surface area contributed by atoms with Gasteiger partial charge in [-0.05, 0) is 32.8 Å². The summed E-state index contributed by atoms with van der Waals surface area (Å²) in [6, 6.07) is 0.0173. The first-order valence-corrected chi connectivity index (χ1v) is 9.65. The number of carbonyl (C=O) groups is 1. The van der Waals surface area contributed by atoms with E-state index >= 15 is 0 Å². The third-order valence-electron chi connectivity index (χ3n) is 3.92. The number of thiophene rings is 1. The predicted octanol–water partition coefficient (Wildman–Crippen LogP) is 4.29. The monoisotopic (exact) mass is 376 g/mol. The maximum Gasteiger partial charge on any atom is 0.348 e. The van der Waals surface area contributed by atoms with Gasteiger partial charge in [0.25, 0.3) is 0 Å². The Morgan fingerprint density at radius 3 is 2.72 bits per heavy atom. The topological polar surface area (TPSA) is 77.0 Å². The molecular formula is C17H20N4O2S2. The van der Waals surface area contributed by atoms with Gasteiger partial charge in [-0.1, -0.05) is 6.92 Å². The summed E-state index contributed by atoms with van der Waals surface area (Å²) in [5, 5.41) is 5.33. The Balaban J connectivity index is 2.02. The quantitative estimate of drug-likeness (QED) is 0.670. The van der Waals surface area contributed by atoms with Crippen molar-refractivity contribution in [3.05, 3.63) is 32.3 Å². The highest BCUT2D eigenvalue weighted by Gasteiger charge is 2.22. The van der Waals surface area contributed by atoms with Gasteiger partial charge in [0.1, 0.15) is 26.4 Å². The van der Waals surface area contributed by atoms with E-state index in [-0.39, 0.29) is 12.0 Å². The van der Waals surface area contributed by atoms with Gasteiger partial charge >= 0.3 is 5.97 Å². The van der Waals surface area contributed by atoms with Crippen LogP contribution in [0.25, 0.3) is 10.2 Å². The molecule has 1 N–H and O–H groups in total. The Morgan fingerprint density at radius 2 is 2.08 bits per heavy atom. The van der Waals surface area contributed by atoms with Crippen LogP contribution >= 0.6 is 22.7 Å². The number of hydrogen-bond donors (Lipinski definition) is 1. The molecule has 0 amide bonds. The first-order chi connectivity index (χ1) is 11.9. The van der Waals surface area contributed by atoms with Crippen LogP contribution in [0.1, 0.15) is 50.8 Å². The fraction of sp³-hybridized carbons (Fsp3) is 0.412. The zero-order chi connectivity index (χ0) is 18.1. The standard InChI is InChI=1S/C17H20N4O2S2/c1-6-11-7-18-15(24-11)9(3)19-14-12-8(2)13(17(22)23-5)25-16(12)21-10(4)20-14/h7,9H,6H2,1-5H3,(H,19,20,21). The summed E-state index contributed by atoms with van der Waals surface area (Å²) in [4.78, 5) is 28.1. The average molecular weight is 377 g/mol. The molecular weight excluding hydrogens is 356 g/mol. The molecule has 3 aromatic heterocycles. The van der Waals surface area contributed by atoms with E-state index in [2.05, 4.69) is 34.1 Å². The number of methoxy groups -OCH3 is 1. The lowest BCUT2D eigenvalue weighted by Gasteiger charge is -2.13. The predicted molar refractivity (Wildman–Crippen MR) is 102 cm³/mol. The van der Waals surface area contributed by atoms with Crippen molar-refractivity contribution >= 4 is 44.7 Å². The van der Waals surface area contributed by atoms with Crippen molar-refractivity contribution in [3.8, 4) is 0 Å². The molecule has 0 aliphatic carbocycles. The summed E-state index contributed by atoms with van der Waals surface area (Å²) in [5.74, 6) is 1.05. The molecule has 0 aliphatic rings. The minimum Gasteiger partial charge on any atom is -0.465 e. The number of aryl methyl sites for hydroxylation is 3. The van der Waals surface area contributed by atoms with Crippen LogP contribution in [0.5, 0.6) is 0 Å². The molecule has 1 unspecified atom stereocenters. The maximum absolute atomic E-state index is 12.0. The molecule has 3 aromatic rings. The van der Waals surface area contributed by atoms with Gasteiger partial charge in [-0.25, -0.2) is 19.7 Å². The van der Waals surface area contributed by atoms with E-state index in [1.807, 2.05) is 20.0 Å². The summed E-state index contributed by atoms with van der Waals surface area (Å²) in [6.07, 6.45) is 2.90. The smallest absolute Gasteiger partial charge is 0.348 e. The highest BCUT2D eigenvalue weighted by molar-refractivity contribution is 7.20. The molecule has 6 nitrogen and oxygen atoms in total. The summed E-state index contributed by atoms with van der Waals surface area (Å²) < 4.78 is 4.88. The summed E-state index contributed by atoms with van der Waals surface area (Å²) in [5.41, 5.74) is 0.843. The van der Waals surface area contributed by atoms with Crippen LogP contribution in [-0.4, -0.2) is 28.0 Å². The molecule has 0 aromatic carbocycles. The number of carbonyl (C=O) groups excluding carboxylic acids is 1. The van der Waals surface area contributed by atoms with Gasteiger partial charge in [-0.15, -0.1) is 22.7 Å². The van der Waals surface area contributed by atoms with Gasteiger partial charge in [-0.2, -0.15) is 0 Å². The fourth-order valence-electron chi connectivity index (χ4n) is 2.59. The first kappa shape index (κ1) is 17.8. The number of hydrogen-bond acceptors (Lipinski definition) is 8. The van der Waals surface area contributed by atoms with Crippen LogP contribution in [0.2, 0.25) is 0 Å². The second-order valence-corrected chi connectivity index (χ2v) is 7.88. The molecule has 132 valence electrons. The lowest BCUT2D eigenvalue weighted by Crippen LogP contribution is -2.09. The minimum atomic E-state index is -0.343. The third-order valence-corrected chi connectivity index (χ3v) is 6.41. The summed E-state index contributed by atoms with van der Waals surface area (Å²) >= 11 is 3.04. The number of nitrogens with zero attached hydrogens (tertiary/aromatic N) is 3. The molecule has 0 fully saturated rings. The normalized spacial score (nSPS) is 12.4. The Morgan fingerprint density at radius 1 is 1.32 bits per heavy atom. The Bertz CT molecular complexity index is 932. The highest BCUT2D eigenvalue weighted by Crippen LogP contribution is 2.35. The number of ether oxygens (including phenoxy) is 1. The van der Waals surface area contributed by atoms with Crippen LogP contribution in [0.4, 0.5) is 5.82 Å². The minimum absolute atomic E-state index is 0.0173. The van der Waals surface area contributed by atoms with Crippen LogP contribution in [0.3, 0.4) is 0 Å². The molecule has 0 aliphatic heterocycles. The van der Waals surface area contributed by atoms with Crippen molar-refractivity contribution in [2.45, 2.75) is 40.2 Å². The van der Waals surface area contributed by atoms with E-state index in [1.165, 1.54) is 23.3 Å². The number of rotatable bonds is 5. The van der Waals surface area contributed by atoms with Crippen molar-refractivity contribution in [1.82, 2.24) is 15.0 Å². The molecule has 25 heavy (non-hydrogen) atoms. The maximum atomic E-state index is 12.0. The molecule has 0 radical (unpaired) electrons. The lowest BCUT2D eigenvalue weighted by atomic mass is 10.2. The van der Waals surface area contributed by atoms with Gasteiger partial charge in [0.15, 0.2) is 0 Å². The molecule has 0 saturated carbocycles. The lowest BCUT2D eigenvalue weighted by molar-refractivity contribution is 0.0605. The highest BCUT2D eigenvalue weighted by atomic mass is 32.1. The van der Waals surface area contributed by atoms with Crippen LogP contribution in [-0.2, 0) is 11.2 Å². The SMILES string of the molecule is CCc1cnc(C(C)Nc2nc(C)nc3sc(C(=O)OC)c(C)c23)s1. The van der Waals surface area contributed by atoms with Gasteiger partial charge in [0, 0.05) is 11.1 Å². The van der Waals surface area contributed by atoms with Gasteiger partial charge in [0.05, 0.1) is 18.5 Å². The number of esters is 1. The molecule has 8 heteroatoms. The number of fused-ring (bicyclic) bond motifs is 1. The van der Waals surface area contributed by atoms with E-state index in [0.717, 1.165) is 33.0 Å². The summed E-state index contributed by atoms with van der Waals surface area (Å²) in [6.45, 7) is 7.93. The molecule has 3 rings (SSSR count). The van der Waals surface area contributed by atoms with Crippen molar-refractivity contribution in [2.24, 2.45) is 0 Å². The van der Waals surface area contributed by atoms with Crippen LogP contribution < -0.4 is 5.32 Å². The number of aromatic nitrogens is 3. The van der Waals surface area contributed by atoms with Crippen molar-refractivity contribution in [2.75, 3.05) is 12.4 Å². The molecule has 0 bridgehead atoms. The van der Waals surface area contributed by atoms with E-state index in [4.69, 9.17) is 4.74 Å². The molecule has 3 heterocycles. The second kappa shape index (κ2) is 7.05. The van der Waals surface area contributed by atoms with Gasteiger partial charge in [0.2, 0.25) is 0 Å². The average Bonchev–Trinajstić information content (AvgIpc) is 3.19. The van der Waals surface area contributed by atoms with Gasteiger partial charge in [-0.3, -0.25) is 0 Å². The zero-order valence-corrected chi connectivity index (χ0v) is 16.5. The number of nitrogens with one attached hydrogen (secondary N) is 1. The van der Waals surface area contributed by atoms with Crippen LogP contribution in [0.15, 0.2) is 6.20 Å². The van der Waals surface area contributed by atoms with Crippen molar-refractivity contribution in [3.63, 3.8) is 0 Å². The third kappa shape index (κ3) is 3.36. The van der Waals surface area contributed by atoms with E-state index in [1.54, 1.807) is 11.3 Å². The summed E-state index contributed by atoms with van der Waals surface area (Å²) in [7, 11) is 1.39. The Labute approximate surface area is 154 Å². The molecule has 0 spiro atoms. The molecule has 0 saturated heterocycles. The van der Waals surface area contributed by atoms with E-state index in [0.29, 0.717) is 10.7 Å². The Hall–Kier alpha value is -2.06. The largest absolute Gasteiger partial charge is 0.465 e. The fourth-order valence-corrected chi connectivity index (χ4v) is 4.59. The number of anilines is 1. The van der Waals surface area contributed by atoms with Crippen molar-refractivity contribution < 1.29 is 9.53 Å². The van der Waals surface area contributed by atoms with E-state index < -0.39 is 0 Å². The zero-order valence-electron chi connectivity index (χ0n) is 14.8. The first-order valence-electron chi connectivity index (χ1n) is 8.01. The Kier molecular flexibility index (Phi) is 5.01. The van der Waals surface area contributed by atoms with Crippen LogP contribution in [0, 0.1) is 13.8 Å². The molecule has 1 atom stereocenters. The number of thiazole rings is 1. The van der Waals surface area contributed by atoms with Gasteiger partial charge < -0.3 is 10.1 Å².